The summed E-state index contributed by atoms with van der Waals surface area (Å²) in [5.41, 5.74) is 3.84. The van der Waals surface area contributed by atoms with E-state index >= 15 is 0 Å². The fourth-order valence-corrected chi connectivity index (χ4v) is 1.48. The predicted molar refractivity (Wildman–Crippen MR) is 89.1 cm³/mol. The van der Waals surface area contributed by atoms with Crippen LogP contribution in [0.1, 0.15) is 19.4 Å². The number of rotatable bonds is 6. The summed E-state index contributed by atoms with van der Waals surface area (Å²) >= 11 is 5.07. The molecule has 0 radical (unpaired) electrons. The van der Waals surface area contributed by atoms with Gasteiger partial charge in [-0.1, -0.05) is 32.1 Å². The number of hydrogen-bond acceptors (Lipinski definition) is 3. The largest absolute Gasteiger partial charge is 0.497 e. The zero-order chi connectivity index (χ0) is 14.8. The normalized spacial score (nSPS) is 11.2. The van der Waals surface area contributed by atoms with Crippen LogP contribution in [0.5, 0.6) is 5.75 Å². The number of allylic oxidation sites excluding steroid dienone is 1. The van der Waals surface area contributed by atoms with Crippen LogP contribution in [-0.2, 0) is 0 Å². The van der Waals surface area contributed by atoms with E-state index in [0.29, 0.717) is 11.0 Å². The Labute approximate surface area is 125 Å². The summed E-state index contributed by atoms with van der Waals surface area (Å²) in [6.07, 6.45) is 5.46. The van der Waals surface area contributed by atoms with Crippen molar-refractivity contribution >= 4 is 29.6 Å². The van der Waals surface area contributed by atoms with Crippen LogP contribution in [0.3, 0.4) is 0 Å². The fourth-order valence-electron chi connectivity index (χ4n) is 1.34. The number of ether oxygens (including phenoxy) is 1. The van der Waals surface area contributed by atoms with Crippen molar-refractivity contribution in [3.8, 4) is 5.75 Å². The first-order valence-corrected chi connectivity index (χ1v) is 6.90. The molecule has 4 nitrogen and oxygen atoms in total. The maximum Gasteiger partial charge on any atom is 0.186 e. The van der Waals surface area contributed by atoms with Gasteiger partial charge in [0.25, 0.3) is 0 Å². The van der Waals surface area contributed by atoms with Crippen molar-refractivity contribution in [2.24, 2.45) is 11.0 Å². The summed E-state index contributed by atoms with van der Waals surface area (Å²) in [5, 5.41) is 7.61. The molecule has 20 heavy (non-hydrogen) atoms. The number of methoxy groups -OCH3 is 1. The van der Waals surface area contributed by atoms with Crippen LogP contribution in [0, 0.1) is 5.92 Å². The van der Waals surface area contributed by atoms with Crippen molar-refractivity contribution in [3.63, 3.8) is 0 Å². The molecule has 0 saturated carbocycles. The highest BCUT2D eigenvalue weighted by atomic mass is 32.1. The van der Waals surface area contributed by atoms with Gasteiger partial charge in [-0.3, -0.25) is 5.43 Å². The molecule has 0 atom stereocenters. The van der Waals surface area contributed by atoms with Crippen LogP contribution in [0.15, 0.2) is 35.4 Å². The van der Waals surface area contributed by atoms with E-state index in [-0.39, 0.29) is 0 Å². The molecule has 0 aromatic heterocycles. The van der Waals surface area contributed by atoms with Gasteiger partial charge in [0.2, 0.25) is 0 Å². The molecule has 2 N–H and O–H groups in total. The Morgan fingerprint density at radius 1 is 1.35 bits per heavy atom. The second-order valence-corrected chi connectivity index (χ2v) is 5.03. The highest BCUT2D eigenvalue weighted by Gasteiger charge is 1.94. The van der Waals surface area contributed by atoms with E-state index in [2.05, 4.69) is 29.7 Å². The molecular weight excluding hydrogens is 270 g/mol. The maximum atomic E-state index is 5.10. The highest BCUT2D eigenvalue weighted by molar-refractivity contribution is 7.80. The molecule has 0 heterocycles. The van der Waals surface area contributed by atoms with E-state index in [1.807, 2.05) is 36.4 Å². The molecule has 108 valence electrons. The molecule has 0 amide bonds. The van der Waals surface area contributed by atoms with E-state index in [1.54, 1.807) is 13.3 Å². The van der Waals surface area contributed by atoms with Crippen LogP contribution in [0.4, 0.5) is 0 Å². The number of hydrogen-bond donors (Lipinski definition) is 2. The smallest absolute Gasteiger partial charge is 0.186 e. The maximum absolute atomic E-state index is 5.10. The van der Waals surface area contributed by atoms with Crippen LogP contribution < -0.4 is 15.5 Å². The van der Waals surface area contributed by atoms with Crippen molar-refractivity contribution in [1.29, 1.82) is 0 Å². The standard InChI is InChI=1S/C15H21N3OS/c1-12(2)11-16-15(20)18-17-10-4-5-13-6-8-14(19-3)9-7-13/h4-10,12H,11H2,1-3H3,(H2,16,18,20). The molecule has 1 aromatic rings. The van der Waals surface area contributed by atoms with E-state index < -0.39 is 0 Å². The SMILES string of the molecule is COc1ccc(C=CC=NNC(=S)NCC(C)C)cc1. The van der Waals surface area contributed by atoms with E-state index in [9.17, 15) is 0 Å². The van der Waals surface area contributed by atoms with Gasteiger partial charge in [-0.2, -0.15) is 5.10 Å². The number of nitrogens with zero attached hydrogens (tertiary/aromatic N) is 1. The highest BCUT2D eigenvalue weighted by Crippen LogP contribution is 2.11. The van der Waals surface area contributed by atoms with E-state index in [0.717, 1.165) is 17.9 Å². The molecule has 1 aromatic carbocycles. The summed E-state index contributed by atoms with van der Waals surface area (Å²) < 4.78 is 5.10. The van der Waals surface area contributed by atoms with Gasteiger partial charge >= 0.3 is 0 Å². The van der Waals surface area contributed by atoms with Crippen LogP contribution in [0.25, 0.3) is 6.08 Å². The summed E-state index contributed by atoms with van der Waals surface area (Å²) in [4.78, 5) is 0. The van der Waals surface area contributed by atoms with Gasteiger partial charge in [0.1, 0.15) is 5.75 Å². The Bertz CT molecular complexity index is 467. The Morgan fingerprint density at radius 2 is 2.05 bits per heavy atom. The number of benzene rings is 1. The lowest BCUT2D eigenvalue weighted by molar-refractivity contribution is 0.415. The zero-order valence-corrected chi connectivity index (χ0v) is 12.9. The molecule has 1 rings (SSSR count). The van der Waals surface area contributed by atoms with Crippen molar-refractivity contribution in [2.75, 3.05) is 13.7 Å². The minimum Gasteiger partial charge on any atom is -0.497 e. The lowest BCUT2D eigenvalue weighted by Crippen LogP contribution is -2.34. The summed E-state index contributed by atoms with van der Waals surface area (Å²) in [5.74, 6) is 1.40. The second kappa shape index (κ2) is 9.09. The van der Waals surface area contributed by atoms with Crippen molar-refractivity contribution in [2.45, 2.75) is 13.8 Å². The molecule has 0 unspecified atom stereocenters. The topological polar surface area (TPSA) is 45.6 Å². The first kappa shape index (κ1) is 16.2. The molecule has 0 bridgehead atoms. The third-order valence-corrected chi connectivity index (χ3v) is 2.64. The van der Waals surface area contributed by atoms with E-state index in [4.69, 9.17) is 17.0 Å². The predicted octanol–water partition coefficient (Wildman–Crippen LogP) is 2.81. The van der Waals surface area contributed by atoms with Crippen LogP contribution in [0.2, 0.25) is 0 Å². The number of thiocarbonyl (C=S) groups is 1. The molecule has 5 heteroatoms. The average Bonchev–Trinajstić information content (AvgIpc) is 2.45. The monoisotopic (exact) mass is 291 g/mol. The second-order valence-electron chi connectivity index (χ2n) is 4.63. The molecule has 0 spiro atoms. The van der Waals surface area contributed by atoms with Gasteiger partial charge in [-0.25, -0.2) is 0 Å². The van der Waals surface area contributed by atoms with Gasteiger partial charge in [0.15, 0.2) is 5.11 Å². The lowest BCUT2D eigenvalue weighted by Gasteiger charge is -2.08. The molecule has 0 aliphatic rings. The summed E-state index contributed by atoms with van der Waals surface area (Å²) in [6.45, 7) is 5.08. The first-order valence-electron chi connectivity index (χ1n) is 6.49. The molecule has 0 aliphatic heterocycles. The third kappa shape index (κ3) is 6.89. The van der Waals surface area contributed by atoms with Crippen LogP contribution >= 0.6 is 12.2 Å². The summed E-state index contributed by atoms with van der Waals surface area (Å²) in [7, 11) is 1.65. The number of nitrogens with one attached hydrogen (secondary N) is 2. The van der Waals surface area contributed by atoms with Gasteiger partial charge in [0, 0.05) is 12.8 Å². The molecular formula is C15H21N3OS. The molecule has 0 aliphatic carbocycles. The van der Waals surface area contributed by atoms with Gasteiger partial charge in [-0.05, 0) is 41.9 Å². The minimum atomic E-state index is 0.535. The molecule has 0 saturated heterocycles. The third-order valence-electron chi connectivity index (χ3n) is 2.40. The Hall–Kier alpha value is -1.88. The Morgan fingerprint density at radius 3 is 2.65 bits per heavy atom. The Kier molecular flexibility index (Phi) is 7.35. The first-order chi connectivity index (χ1) is 9.61. The van der Waals surface area contributed by atoms with Crippen molar-refractivity contribution in [3.05, 3.63) is 35.9 Å². The zero-order valence-electron chi connectivity index (χ0n) is 12.1. The lowest BCUT2D eigenvalue weighted by atomic mass is 10.2. The van der Waals surface area contributed by atoms with Crippen molar-refractivity contribution < 1.29 is 4.74 Å². The van der Waals surface area contributed by atoms with E-state index in [1.165, 1.54) is 0 Å². The average molecular weight is 291 g/mol. The van der Waals surface area contributed by atoms with Crippen LogP contribution in [-0.4, -0.2) is 25.0 Å². The minimum absolute atomic E-state index is 0.535. The Balaban J connectivity index is 2.32. The van der Waals surface area contributed by atoms with Gasteiger partial charge in [0.05, 0.1) is 7.11 Å². The fraction of sp³-hybridized carbons (Fsp3) is 0.333. The summed E-state index contributed by atoms with van der Waals surface area (Å²) in [6, 6.07) is 7.79. The van der Waals surface area contributed by atoms with Gasteiger partial charge in [-0.15, -0.1) is 0 Å². The molecule has 0 fully saturated rings. The number of hydrazone groups is 1. The quantitative estimate of drug-likeness (QED) is 0.480. The van der Waals surface area contributed by atoms with Crippen molar-refractivity contribution in [1.82, 2.24) is 10.7 Å². The van der Waals surface area contributed by atoms with Gasteiger partial charge < -0.3 is 10.1 Å².